The first-order chi connectivity index (χ1) is 10.2. The van der Waals surface area contributed by atoms with Gasteiger partial charge in [-0.05, 0) is 50.1 Å². The molecule has 112 valence electrons. The molecule has 1 aromatic heterocycles. The lowest BCUT2D eigenvalue weighted by molar-refractivity contribution is 0.643. The van der Waals surface area contributed by atoms with Crippen molar-refractivity contribution in [3.63, 3.8) is 0 Å². The molecule has 3 rings (SSSR count). The number of aryl methyl sites for hydroxylation is 2. The summed E-state index contributed by atoms with van der Waals surface area (Å²) in [5, 5.41) is 7.82. The number of fused-ring (bicyclic) bond motifs is 1. The zero-order valence-corrected chi connectivity index (χ0v) is 13.1. The minimum atomic E-state index is 0.404. The molecular formula is C17H24N4. The van der Waals surface area contributed by atoms with E-state index in [9.17, 15) is 0 Å². The summed E-state index contributed by atoms with van der Waals surface area (Å²) < 4.78 is 1.87. The molecule has 0 aliphatic carbocycles. The van der Waals surface area contributed by atoms with Crippen molar-refractivity contribution in [2.75, 3.05) is 18.5 Å². The summed E-state index contributed by atoms with van der Waals surface area (Å²) in [6.07, 6.45) is 4.41. The molecule has 0 saturated heterocycles. The van der Waals surface area contributed by atoms with Gasteiger partial charge in [-0.2, -0.15) is 5.10 Å². The Morgan fingerprint density at radius 2 is 2.19 bits per heavy atom. The second-order valence-corrected chi connectivity index (χ2v) is 5.90. The average molecular weight is 284 g/mol. The van der Waals surface area contributed by atoms with Crippen LogP contribution in [0.4, 0.5) is 5.69 Å². The minimum Gasteiger partial charge on any atom is -0.365 e. The largest absolute Gasteiger partial charge is 0.365 e. The Labute approximate surface area is 126 Å². The van der Waals surface area contributed by atoms with Crippen molar-refractivity contribution in [2.45, 2.75) is 32.4 Å². The fourth-order valence-electron chi connectivity index (χ4n) is 3.04. The molecule has 1 unspecified atom stereocenters. The number of rotatable bonds is 4. The molecule has 4 nitrogen and oxygen atoms in total. The van der Waals surface area contributed by atoms with Gasteiger partial charge in [0.25, 0.3) is 0 Å². The van der Waals surface area contributed by atoms with Gasteiger partial charge in [0.2, 0.25) is 0 Å². The van der Waals surface area contributed by atoms with Gasteiger partial charge < -0.3 is 10.2 Å². The highest BCUT2D eigenvalue weighted by molar-refractivity contribution is 5.57. The number of aromatic nitrogens is 2. The van der Waals surface area contributed by atoms with E-state index in [0.717, 1.165) is 18.8 Å². The summed E-state index contributed by atoms with van der Waals surface area (Å²) in [6, 6.07) is 9.39. The molecule has 0 fully saturated rings. The number of anilines is 1. The average Bonchev–Trinajstić information content (AvgIpc) is 2.91. The molecule has 4 heteroatoms. The third-order valence-electron chi connectivity index (χ3n) is 4.37. The van der Waals surface area contributed by atoms with E-state index < -0.39 is 0 Å². The highest BCUT2D eigenvalue weighted by atomic mass is 15.3. The van der Waals surface area contributed by atoms with E-state index in [1.54, 1.807) is 0 Å². The minimum absolute atomic E-state index is 0.404. The van der Waals surface area contributed by atoms with E-state index in [2.05, 4.69) is 46.5 Å². The van der Waals surface area contributed by atoms with Crippen molar-refractivity contribution in [1.82, 2.24) is 15.1 Å². The third-order valence-corrected chi connectivity index (χ3v) is 4.37. The van der Waals surface area contributed by atoms with Crippen LogP contribution in [0.25, 0.3) is 0 Å². The SMILES string of the molecule is CNC(C)c1ccc2c(c1)CCCN2Cc1ccn(C)n1. The third kappa shape index (κ3) is 2.95. The van der Waals surface area contributed by atoms with E-state index in [4.69, 9.17) is 0 Å². The normalized spacial score (nSPS) is 15.9. The first kappa shape index (κ1) is 14.1. The van der Waals surface area contributed by atoms with Crippen molar-refractivity contribution < 1.29 is 0 Å². The molecular weight excluding hydrogens is 260 g/mol. The van der Waals surface area contributed by atoms with E-state index in [-0.39, 0.29) is 0 Å². The van der Waals surface area contributed by atoms with Crippen LogP contribution in [-0.2, 0) is 20.0 Å². The lowest BCUT2D eigenvalue weighted by Gasteiger charge is -2.31. The monoisotopic (exact) mass is 284 g/mol. The number of nitrogens with one attached hydrogen (secondary N) is 1. The van der Waals surface area contributed by atoms with Crippen LogP contribution in [0.5, 0.6) is 0 Å². The number of hydrogen-bond donors (Lipinski definition) is 1. The van der Waals surface area contributed by atoms with Gasteiger partial charge in [-0.15, -0.1) is 0 Å². The van der Waals surface area contributed by atoms with Gasteiger partial charge in [-0.3, -0.25) is 4.68 Å². The second kappa shape index (κ2) is 5.90. The summed E-state index contributed by atoms with van der Waals surface area (Å²) in [6.45, 7) is 4.22. The molecule has 1 aromatic carbocycles. The molecule has 1 aliphatic heterocycles. The van der Waals surface area contributed by atoms with Gasteiger partial charge in [-0.1, -0.05) is 12.1 Å². The van der Waals surface area contributed by atoms with Gasteiger partial charge in [0.15, 0.2) is 0 Å². The smallest absolute Gasteiger partial charge is 0.0817 e. The van der Waals surface area contributed by atoms with Crippen LogP contribution in [0, 0.1) is 0 Å². The number of nitrogens with zero attached hydrogens (tertiary/aromatic N) is 3. The molecule has 0 bridgehead atoms. The van der Waals surface area contributed by atoms with Crippen molar-refractivity contribution in [3.8, 4) is 0 Å². The Bertz CT molecular complexity index is 617. The molecule has 1 atom stereocenters. The lowest BCUT2D eigenvalue weighted by Crippen LogP contribution is -2.29. The summed E-state index contributed by atoms with van der Waals surface area (Å²) in [4.78, 5) is 2.45. The quantitative estimate of drug-likeness (QED) is 0.937. The Balaban J connectivity index is 1.84. The zero-order valence-electron chi connectivity index (χ0n) is 13.1. The van der Waals surface area contributed by atoms with E-state index in [0.29, 0.717) is 6.04 Å². The maximum atomic E-state index is 4.50. The zero-order chi connectivity index (χ0) is 14.8. The van der Waals surface area contributed by atoms with Gasteiger partial charge in [0, 0.05) is 31.5 Å². The fraction of sp³-hybridized carbons (Fsp3) is 0.471. The predicted octanol–water partition coefficient (Wildman–Crippen LogP) is 2.65. The summed E-state index contributed by atoms with van der Waals surface area (Å²) in [5.74, 6) is 0. The first-order valence-electron chi connectivity index (χ1n) is 7.71. The number of benzene rings is 1. The second-order valence-electron chi connectivity index (χ2n) is 5.90. The molecule has 1 N–H and O–H groups in total. The van der Waals surface area contributed by atoms with Crippen LogP contribution in [-0.4, -0.2) is 23.4 Å². The van der Waals surface area contributed by atoms with E-state index in [1.807, 2.05) is 25.0 Å². The van der Waals surface area contributed by atoms with E-state index >= 15 is 0 Å². The van der Waals surface area contributed by atoms with Gasteiger partial charge in [0.1, 0.15) is 0 Å². The highest BCUT2D eigenvalue weighted by Gasteiger charge is 2.18. The maximum absolute atomic E-state index is 4.50. The van der Waals surface area contributed by atoms with Gasteiger partial charge in [0.05, 0.1) is 12.2 Å². The molecule has 0 radical (unpaired) electrons. The van der Waals surface area contributed by atoms with Crippen LogP contribution >= 0.6 is 0 Å². The topological polar surface area (TPSA) is 33.1 Å². The number of hydrogen-bond acceptors (Lipinski definition) is 3. The first-order valence-corrected chi connectivity index (χ1v) is 7.71. The van der Waals surface area contributed by atoms with Gasteiger partial charge >= 0.3 is 0 Å². The van der Waals surface area contributed by atoms with Gasteiger partial charge in [-0.25, -0.2) is 0 Å². The Hall–Kier alpha value is -1.81. The standard InChI is InChI=1S/C17H24N4/c1-13(18-2)14-6-7-17-15(11-14)5-4-9-21(17)12-16-8-10-20(3)19-16/h6-8,10-11,13,18H,4-5,9,12H2,1-3H3. The highest BCUT2D eigenvalue weighted by Crippen LogP contribution is 2.30. The van der Waals surface area contributed by atoms with Crippen molar-refractivity contribution in [3.05, 3.63) is 47.3 Å². The van der Waals surface area contributed by atoms with Crippen molar-refractivity contribution in [2.24, 2.45) is 7.05 Å². The molecule has 21 heavy (non-hydrogen) atoms. The molecule has 0 saturated carbocycles. The Morgan fingerprint density at radius 1 is 1.33 bits per heavy atom. The van der Waals surface area contributed by atoms with Crippen LogP contribution in [0.3, 0.4) is 0 Å². The van der Waals surface area contributed by atoms with Crippen LogP contribution in [0.15, 0.2) is 30.5 Å². The van der Waals surface area contributed by atoms with Crippen molar-refractivity contribution >= 4 is 5.69 Å². The van der Waals surface area contributed by atoms with E-state index in [1.165, 1.54) is 29.7 Å². The summed E-state index contributed by atoms with van der Waals surface area (Å²) in [7, 11) is 3.98. The van der Waals surface area contributed by atoms with Crippen LogP contribution < -0.4 is 10.2 Å². The molecule has 2 aromatic rings. The lowest BCUT2D eigenvalue weighted by atomic mass is 9.96. The molecule has 0 amide bonds. The fourth-order valence-corrected chi connectivity index (χ4v) is 3.04. The predicted molar refractivity (Wildman–Crippen MR) is 86.5 cm³/mol. The van der Waals surface area contributed by atoms with Crippen molar-refractivity contribution in [1.29, 1.82) is 0 Å². The molecule has 2 heterocycles. The Morgan fingerprint density at radius 3 is 2.90 bits per heavy atom. The summed E-state index contributed by atoms with van der Waals surface area (Å²) >= 11 is 0. The Kier molecular flexibility index (Phi) is 3.97. The van der Waals surface area contributed by atoms with Crippen LogP contribution in [0.2, 0.25) is 0 Å². The summed E-state index contributed by atoms with van der Waals surface area (Å²) in [5.41, 5.74) is 5.35. The van der Waals surface area contributed by atoms with Crippen LogP contribution in [0.1, 0.15) is 36.2 Å². The molecule has 1 aliphatic rings. The molecule has 0 spiro atoms. The maximum Gasteiger partial charge on any atom is 0.0817 e.